The minimum Gasteiger partial charge on any atom is -0.374 e. The molecule has 2 rings (SSSR count). The molecule has 22 heavy (non-hydrogen) atoms. The topological polar surface area (TPSA) is 41.1 Å². The van der Waals surface area contributed by atoms with Gasteiger partial charge in [0.15, 0.2) is 11.6 Å². The van der Waals surface area contributed by atoms with Crippen LogP contribution in [0.5, 0.6) is 0 Å². The Kier molecular flexibility index (Phi) is 4.70. The summed E-state index contributed by atoms with van der Waals surface area (Å²) in [7, 11) is 0. The van der Waals surface area contributed by atoms with E-state index in [4.69, 9.17) is 0 Å². The smallest absolute Gasteiger partial charge is 0.246 e. The molecule has 0 heterocycles. The zero-order valence-corrected chi connectivity index (χ0v) is 12.1. The van der Waals surface area contributed by atoms with E-state index in [1.54, 1.807) is 26.0 Å². The largest absolute Gasteiger partial charge is 0.374 e. The molecule has 0 saturated heterocycles. The molecule has 0 saturated carbocycles. The summed E-state index contributed by atoms with van der Waals surface area (Å²) in [5.74, 6) is -2.80. The Balaban J connectivity index is 2.02. The van der Waals surface area contributed by atoms with Crippen molar-refractivity contribution < 1.29 is 18.0 Å². The summed E-state index contributed by atoms with van der Waals surface area (Å²) in [6.07, 6.45) is 0. The van der Waals surface area contributed by atoms with E-state index in [0.29, 0.717) is 11.3 Å². The lowest BCUT2D eigenvalue weighted by atomic mass is 10.2. The Hall–Kier alpha value is -2.50. The Morgan fingerprint density at radius 1 is 0.955 bits per heavy atom. The molecule has 0 aliphatic rings. The first-order valence-corrected chi connectivity index (χ1v) is 6.65. The first-order valence-electron chi connectivity index (χ1n) is 6.65. The number of carbonyl (C=O) groups excluding carboxylic acids is 1. The predicted molar refractivity (Wildman–Crippen MR) is 79.2 cm³/mol. The summed E-state index contributed by atoms with van der Waals surface area (Å²) >= 11 is 0. The summed E-state index contributed by atoms with van der Waals surface area (Å²) < 4.78 is 39.4. The van der Waals surface area contributed by atoms with Crippen molar-refractivity contribution in [3.8, 4) is 0 Å². The van der Waals surface area contributed by atoms with E-state index in [9.17, 15) is 18.0 Å². The lowest BCUT2D eigenvalue weighted by Gasteiger charge is -2.15. The van der Waals surface area contributed by atoms with Gasteiger partial charge in [0, 0.05) is 17.4 Å². The van der Waals surface area contributed by atoms with Gasteiger partial charge in [0.05, 0.1) is 0 Å². The number of amides is 1. The maximum absolute atomic E-state index is 13.4. The first kappa shape index (κ1) is 15.9. The van der Waals surface area contributed by atoms with Gasteiger partial charge in [-0.25, -0.2) is 13.2 Å². The molecule has 116 valence electrons. The number of aryl methyl sites for hydroxylation is 1. The van der Waals surface area contributed by atoms with Gasteiger partial charge < -0.3 is 10.6 Å². The molecule has 0 radical (unpaired) electrons. The average molecular weight is 308 g/mol. The first-order chi connectivity index (χ1) is 10.4. The predicted octanol–water partition coefficient (Wildman–Crippen LogP) is 3.85. The third-order valence-corrected chi connectivity index (χ3v) is 3.14. The third kappa shape index (κ3) is 3.78. The van der Waals surface area contributed by atoms with Crippen LogP contribution in [0, 0.1) is 24.4 Å². The molecular weight excluding hydrogens is 293 g/mol. The second kappa shape index (κ2) is 6.51. The van der Waals surface area contributed by atoms with Crippen molar-refractivity contribution in [3.63, 3.8) is 0 Å². The highest BCUT2D eigenvalue weighted by molar-refractivity contribution is 5.96. The van der Waals surface area contributed by atoms with Crippen LogP contribution in [-0.2, 0) is 4.79 Å². The normalized spacial score (nSPS) is 11.9. The molecule has 6 heteroatoms. The molecule has 1 atom stereocenters. The lowest BCUT2D eigenvalue weighted by molar-refractivity contribution is -0.116. The van der Waals surface area contributed by atoms with Gasteiger partial charge in [0.1, 0.15) is 11.9 Å². The van der Waals surface area contributed by atoms with Crippen LogP contribution < -0.4 is 10.6 Å². The van der Waals surface area contributed by atoms with Crippen LogP contribution in [0.3, 0.4) is 0 Å². The van der Waals surface area contributed by atoms with Gasteiger partial charge in [-0.2, -0.15) is 0 Å². The highest BCUT2D eigenvalue weighted by Crippen LogP contribution is 2.16. The van der Waals surface area contributed by atoms with Crippen LogP contribution in [0.1, 0.15) is 12.5 Å². The van der Waals surface area contributed by atoms with Crippen molar-refractivity contribution in [1.82, 2.24) is 0 Å². The van der Waals surface area contributed by atoms with Crippen molar-refractivity contribution in [2.45, 2.75) is 19.9 Å². The van der Waals surface area contributed by atoms with Crippen molar-refractivity contribution >= 4 is 17.3 Å². The van der Waals surface area contributed by atoms with Crippen molar-refractivity contribution in [3.05, 3.63) is 59.4 Å². The molecule has 1 amide bonds. The van der Waals surface area contributed by atoms with E-state index in [2.05, 4.69) is 10.6 Å². The molecule has 0 aliphatic heterocycles. The molecule has 0 aromatic heterocycles. The number of carbonyl (C=O) groups is 1. The van der Waals surface area contributed by atoms with E-state index in [1.807, 2.05) is 0 Å². The average Bonchev–Trinajstić information content (AvgIpc) is 2.46. The van der Waals surface area contributed by atoms with Crippen LogP contribution in [0.25, 0.3) is 0 Å². The number of rotatable bonds is 4. The van der Waals surface area contributed by atoms with Gasteiger partial charge in [-0.15, -0.1) is 0 Å². The summed E-state index contributed by atoms with van der Waals surface area (Å²) in [4.78, 5) is 12.0. The Morgan fingerprint density at radius 2 is 1.59 bits per heavy atom. The second-order valence-corrected chi connectivity index (χ2v) is 4.95. The highest BCUT2D eigenvalue weighted by Gasteiger charge is 2.14. The molecule has 2 N–H and O–H groups in total. The van der Waals surface area contributed by atoms with Crippen molar-refractivity contribution in [2.75, 3.05) is 10.6 Å². The third-order valence-electron chi connectivity index (χ3n) is 3.14. The van der Waals surface area contributed by atoms with E-state index < -0.39 is 29.4 Å². The van der Waals surface area contributed by atoms with Crippen molar-refractivity contribution in [1.29, 1.82) is 0 Å². The fourth-order valence-corrected chi connectivity index (χ4v) is 1.82. The van der Waals surface area contributed by atoms with Gasteiger partial charge in [-0.1, -0.05) is 6.07 Å². The number of hydrogen-bond acceptors (Lipinski definition) is 2. The molecule has 3 nitrogen and oxygen atoms in total. The Morgan fingerprint density at radius 3 is 2.23 bits per heavy atom. The lowest BCUT2D eigenvalue weighted by Crippen LogP contribution is -2.31. The van der Waals surface area contributed by atoms with Crippen LogP contribution in [-0.4, -0.2) is 11.9 Å². The molecule has 0 spiro atoms. The number of halogens is 3. The van der Waals surface area contributed by atoms with Crippen molar-refractivity contribution in [2.24, 2.45) is 0 Å². The summed E-state index contributed by atoms with van der Waals surface area (Å²) in [6, 6.07) is 6.90. The minimum absolute atomic E-state index is 0.275. The van der Waals surface area contributed by atoms with Gasteiger partial charge in [-0.3, -0.25) is 4.79 Å². The zero-order chi connectivity index (χ0) is 16.3. The molecule has 2 aromatic rings. The fourth-order valence-electron chi connectivity index (χ4n) is 1.82. The standard InChI is InChI=1S/C16H15F3N2O/c1-9-3-4-12(7-14(9)18)21-16(22)10(2)20-11-5-6-13(17)15(19)8-11/h3-8,10,20H,1-2H3,(H,21,22). The number of benzene rings is 2. The van der Waals surface area contributed by atoms with E-state index in [1.165, 1.54) is 12.1 Å². The van der Waals surface area contributed by atoms with E-state index >= 15 is 0 Å². The number of anilines is 2. The summed E-state index contributed by atoms with van der Waals surface area (Å²) in [5, 5.41) is 5.29. The monoisotopic (exact) mass is 308 g/mol. The van der Waals surface area contributed by atoms with Crippen LogP contribution in [0.4, 0.5) is 24.5 Å². The number of hydrogen-bond donors (Lipinski definition) is 2. The van der Waals surface area contributed by atoms with Gasteiger partial charge in [-0.05, 0) is 43.7 Å². The molecule has 2 aromatic carbocycles. The molecule has 1 unspecified atom stereocenters. The van der Waals surface area contributed by atoms with Crippen LogP contribution in [0.2, 0.25) is 0 Å². The van der Waals surface area contributed by atoms with Crippen LogP contribution in [0.15, 0.2) is 36.4 Å². The number of nitrogens with one attached hydrogen (secondary N) is 2. The zero-order valence-electron chi connectivity index (χ0n) is 12.1. The van der Waals surface area contributed by atoms with Gasteiger partial charge >= 0.3 is 0 Å². The van der Waals surface area contributed by atoms with Crippen LogP contribution >= 0.6 is 0 Å². The summed E-state index contributed by atoms with van der Waals surface area (Å²) in [5.41, 5.74) is 1.08. The maximum atomic E-state index is 13.4. The Labute approximate surface area is 126 Å². The van der Waals surface area contributed by atoms with Gasteiger partial charge in [0.25, 0.3) is 0 Å². The SMILES string of the molecule is Cc1ccc(NC(=O)C(C)Nc2ccc(F)c(F)c2)cc1F. The molecular formula is C16H15F3N2O. The maximum Gasteiger partial charge on any atom is 0.246 e. The molecule has 0 bridgehead atoms. The fraction of sp³-hybridized carbons (Fsp3) is 0.188. The highest BCUT2D eigenvalue weighted by atomic mass is 19.2. The minimum atomic E-state index is -1.00. The van der Waals surface area contributed by atoms with E-state index in [-0.39, 0.29) is 5.69 Å². The molecule has 0 fully saturated rings. The van der Waals surface area contributed by atoms with Gasteiger partial charge in [0.2, 0.25) is 5.91 Å². The van der Waals surface area contributed by atoms with E-state index in [0.717, 1.165) is 12.1 Å². The molecule has 0 aliphatic carbocycles. The second-order valence-electron chi connectivity index (χ2n) is 4.95. The quantitative estimate of drug-likeness (QED) is 0.900. The Bertz CT molecular complexity index is 704. The summed E-state index contributed by atoms with van der Waals surface area (Å²) in [6.45, 7) is 3.18.